The van der Waals surface area contributed by atoms with Crippen LogP contribution < -0.4 is 0 Å². The molecule has 84 valence electrons. The fraction of sp³-hybridized carbons (Fsp3) is 0.214. The Bertz CT molecular complexity index is 544. The van der Waals surface area contributed by atoms with Crippen molar-refractivity contribution in [2.45, 2.75) is 18.8 Å². The maximum Gasteiger partial charge on any atom is 0.150 e. The van der Waals surface area contributed by atoms with Gasteiger partial charge >= 0.3 is 0 Å². The Labute approximate surface area is 99.5 Å². The molecule has 3 nitrogen and oxygen atoms in total. The van der Waals surface area contributed by atoms with E-state index in [2.05, 4.69) is 9.97 Å². The van der Waals surface area contributed by atoms with Crippen molar-refractivity contribution in [3.8, 4) is 11.1 Å². The highest BCUT2D eigenvalue weighted by molar-refractivity contribution is 5.87. The Balaban J connectivity index is 1.99. The number of aromatic nitrogens is 2. The molecule has 0 bridgehead atoms. The lowest BCUT2D eigenvalue weighted by Crippen LogP contribution is -1.94. The first-order chi connectivity index (χ1) is 8.38. The summed E-state index contributed by atoms with van der Waals surface area (Å²) in [5.74, 6) is 1.49. The third-order valence-corrected chi connectivity index (χ3v) is 3.01. The first kappa shape index (κ1) is 10.1. The average Bonchev–Trinajstić information content (AvgIpc) is 3.23. The zero-order chi connectivity index (χ0) is 11.7. The molecule has 0 unspecified atom stereocenters. The van der Waals surface area contributed by atoms with Crippen molar-refractivity contribution in [1.82, 2.24) is 9.97 Å². The quantitative estimate of drug-likeness (QED) is 0.753. The molecule has 0 aliphatic heterocycles. The van der Waals surface area contributed by atoms with Gasteiger partial charge in [0.15, 0.2) is 6.29 Å². The Hall–Kier alpha value is -2.03. The van der Waals surface area contributed by atoms with Crippen LogP contribution in [0.2, 0.25) is 0 Å². The van der Waals surface area contributed by atoms with Crippen LogP contribution in [0.1, 0.15) is 34.9 Å². The minimum atomic E-state index is 0.561. The van der Waals surface area contributed by atoms with Gasteiger partial charge in [0.1, 0.15) is 5.82 Å². The fourth-order valence-electron chi connectivity index (χ4n) is 1.89. The van der Waals surface area contributed by atoms with Crippen LogP contribution in [0.4, 0.5) is 0 Å². The van der Waals surface area contributed by atoms with E-state index in [0.29, 0.717) is 11.5 Å². The number of aldehydes is 1. The van der Waals surface area contributed by atoms with Gasteiger partial charge in [0.2, 0.25) is 0 Å². The van der Waals surface area contributed by atoms with E-state index in [1.165, 1.54) is 12.8 Å². The largest absolute Gasteiger partial charge is 0.298 e. The number of nitrogens with zero attached hydrogens (tertiary/aromatic N) is 2. The standard InChI is InChI=1S/C14H12N2O/c17-9-11-3-1-2-4-13(11)12-7-15-14(16-8-12)10-5-6-10/h1-4,7-10H,5-6H2. The number of carbonyl (C=O) groups excluding carboxylic acids is 1. The minimum absolute atomic E-state index is 0.561. The third-order valence-electron chi connectivity index (χ3n) is 3.01. The first-order valence-corrected chi connectivity index (χ1v) is 5.75. The summed E-state index contributed by atoms with van der Waals surface area (Å²) >= 11 is 0. The summed E-state index contributed by atoms with van der Waals surface area (Å²) in [6.45, 7) is 0. The summed E-state index contributed by atoms with van der Waals surface area (Å²) in [4.78, 5) is 19.7. The molecule has 0 amide bonds. The van der Waals surface area contributed by atoms with Gasteiger partial charge in [0.05, 0.1) is 0 Å². The average molecular weight is 224 g/mol. The number of rotatable bonds is 3. The Kier molecular flexibility index (Phi) is 2.44. The van der Waals surface area contributed by atoms with Crippen LogP contribution in [-0.4, -0.2) is 16.3 Å². The molecule has 0 saturated heterocycles. The van der Waals surface area contributed by atoms with E-state index in [4.69, 9.17) is 0 Å². The molecule has 1 saturated carbocycles. The van der Waals surface area contributed by atoms with Crippen molar-refractivity contribution < 1.29 is 4.79 Å². The van der Waals surface area contributed by atoms with Gasteiger partial charge < -0.3 is 0 Å². The zero-order valence-corrected chi connectivity index (χ0v) is 9.34. The molecular weight excluding hydrogens is 212 g/mol. The summed E-state index contributed by atoms with van der Waals surface area (Å²) in [5.41, 5.74) is 2.47. The molecule has 17 heavy (non-hydrogen) atoms. The Morgan fingerprint density at radius 2 is 1.82 bits per heavy atom. The van der Waals surface area contributed by atoms with Crippen LogP contribution in [0.5, 0.6) is 0 Å². The van der Waals surface area contributed by atoms with Gasteiger partial charge in [-0.25, -0.2) is 9.97 Å². The predicted molar refractivity (Wildman–Crippen MR) is 64.8 cm³/mol. The van der Waals surface area contributed by atoms with E-state index in [-0.39, 0.29) is 0 Å². The van der Waals surface area contributed by atoms with Gasteiger partial charge in [-0.15, -0.1) is 0 Å². The molecule has 0 radical (unpaired) electrons. The monoisotopic (exact) mass is 224 g/mol. The van der Waals surface area contributed by atoms with Crippen molar-refractivity contribution in [1.29, 1.82) is 0 Å². The predicted octanol–water partition coefficient (Wildman–Crippen LogP) is 2.83. The second-order valence-corrected chi connectivity index (χ2v) is 4.31. The van der Waals surface area contributed by atoms with Crippen LogP contribution >= 0.6 is 0 Å². The SMILES string of the molecule is O=Cc1ccccc1-c1cnc(C2CC2)nc1. The molecule has 1 aliphatic carbocycles. The number of hydrogen-bond acceptors (Lipinski definition) is 3. The van der Waals surface area contributed by atoms with Gasteiger partial charge in [0, 0.05) is 29.4 Å². The molecule has 1 fully saturated rings. The molecule has 3 rings (SSSR count). The van der Waals surface area contributed by atoms with Gasteiger partial charge in [-0.05, 0) is 18.4 Å². The molecule has 3 heteroatoms. The van der Waals surface area contributed by atoms with E-state index >= 15 is 0 Å². The first-order valence-electron chi connectivity index (χ1n) is 5.75. The molecule has 1 aromatic heterocycles. The van der Waals surface area contributed by atoms with Crippen molar-refractivity contribution in [3.05, 3.63) is 48.0 Å². The Morgan fingerprint density at radius 3 is 2.47 bits per heavy atom. The lowest BCUT2D eigenvalue weighted by molar-refractivity contribution is 0.112. The van der Waals surface area contributed by atoms with Crippen molar-refractivity contribution in [2.24, 2.45) is 0 Å². The number of benzene rings is 1. The van der Waals surface area contributed by atoms with Gasteiger partial charge in [0.25, 0.3) is 0 Å². The summed E-state index contributed by atoms with van der Waals surface area (Å²) in [6, 6.07) is 7.49. The lowest BCUT2D eigenvalue weighted by Gasteiger charge is -2.04. The van der Waals surface area contributed by atoms with Crippen molar-refractivity contribution in [2.75, 3.05) is 0 Å². The summed E-state index contributed by atoms with van der Waals surface area (Å²) in [5, 5.41) is 0. The summed E-state index contributed by atoms with van der Waals surface area (Å²) in [7, 11) is 0. The van der Waals surface area contributed by atoms with Crippen LogP contribution in [-0.2, 0) is 0 Å². The molecule has 0 spiro atoms. The molecule has 2 aromatic rings. The molecular formula is C14H12N2O. The third kappa shape index (κ3) is 1.96. The van der Waals surface area contributed by atoms with Crippen molar-refractivity contribution >= 4 is 6.29 Å². The smallest absolute Gasteiger partial charge is 0.150 e. The highest BCUT2D eigenvalue weighted by Gasteiger charge is 2.26. The van der Waals surface area contributed by atoms with Crippen molar-refractivity contribution in [3.63, 3.8) is 0 Å². The fourth-order valence-corrected chi connectivity index (χ4v) is 1.89. The maximum atomic E-state index is 10.9. The van der Waals surface area contributed by atoms with Gasteiger partial charge in [-0.3, -0.25) is 4.79 Å². The van der Waals surface area contributed by atoms with Gasteiger partial charge in [-0.1, -0.05) is 24.3 Å². The van der Waals surface area contributed by atoms with E-state index < -0.39 is 0 Å². The minimum Gasteiger partial charge on any atom is -0.298 e. The highest BCUT2D eigenvalue weighted by atomic mass is 16.1. The second kappa shape index (κ2) is 4.09. The molecule has 0 N–H and O–H groups in total. The molecule has 1 heterocycles. The Morgan fingerprint density at radius 1 is 1.12 bits per heavy atom. The van der Waals surface area contributed by atoms with Crippen LogP contribution in [0, 0.1) is 0 Å². The molecule has 1 aromatic carbocycles. The van der Waals surface area contributed by atoms with E-state index in [1.807, 2.05) is 30.6 Å². The molecule has 1 aliphatic rings. The number of carbonyl (C=O) groups is 1. The van der Waals surface area contributed by atoms with E-state index in [9.17, 15) is 4.79 Å². The second-order valence-electron chi connectivity index (χ2n) is 4.31. The summed E-state index contributed by atoms with van der Waals surface area (Å²) in [6.07, 6.45) is 6.88. The highest BCUT2D eigenvalue weighted by Crippen LogP contribution is 2.38. The molecule has 0 atom stereocenters. The van der Waals surface area contributed by atoms with Gasteiger partial charge in [-0.2, -0.15) is 0 Å². The van der Waals surface area contributed by atoms with Crippen LogP contribution in [0.15, 0.2) is 36.7 Å². The van der Waals surface area contributed by atoms with E-state index in [0.717, 1.165) is 23.2 Å². The van der Waals surface area contributed by atoms with Crippen LogP contribution in [0.25, 0.3) is 11.1 Å². The normalized spacial score (nSPS) is 14.6. The zero-order valence-electron chi connectivity index (χ0n) is 9.34. The summed E-state index contributed by atoms with van der Waals surface area (Å²) < 4.78 is 0. The lowest BCUT2D eigenvalue weighted by atomic mass is 10.0. The number of hydrogen-bond donors (Lipinski definition) is 0. The maximum absolute atomic E-state index is 10.9. The van der Waals surface area contributed by atoms with Crippen LogP contribution in [0.3, 0.4) is 0 Å². The van der Waals surface area contributed by atoms with E-state index in [1.54, 1.807) is 6.07 Å². The topological polar surface area (TPSA) is 42.9 Å².